The number of carboxylic acid groups (broad SMARTS) is 1. The van der Waals surface area contributed by atoms with E-state index in [9.17, 15) is 9.59 Å². The van der Waals surface area contributed by atoms with Crippen LogP contribution in [0.5, 0.6) is 0 Å². The van der Waals surface area contributed by atoms with Crippen molar-refractivity contribution in [3.8, 4) is 0 Å². The van der Waals surface area contributed by atoms with Gasteiger partial charge in [0.1, 0.15) is 6.54 Å². The van der Waals surface area contributed by atoms with E-state index in [-0.39, 0.29) is 6.54 Å². The third kappa shape index (κ3) is 7.38. The molecule has 0 fully saturated rings. The van der Waals surface area contributed by atoms with Gasteiger partial charge in [0, 0.05) is 13.1 Å². The number of urea groups is 1. The molecule has 0 aromatic heterocycles. The van der Waals surface area contributed by atoms with Gasteiger partial charge in [-0.2, -0.15) is 0 Å². The van der Waals surface area contributed by atoms with Crippen molar-refractivity contribution in [1.82, 2.24) is 15.5 Å². The van der Waals surface area contributed by atoms with Crippen LogP contribution in [0, 0.1) is 0 Å². The van der Waals surface area contributed by atoms with Crippen LogP contribution in [0.2, 0.25) is 0 Å². The molecule has 0 saturated carbocycles. The van der Waals surface area contributed by atoms with Crippen molar-refractivity contribution in [3.05, 3.63) is 35.9 Å². The first-order chi connectivity index (χ1) is 9.58. The monoisotopic (exact) mass is 279 g/mol. The smallest absolute Gasteiger partial charge is 0.323 e. The molecular formula is C14H21N3O3. The highest BCUT2D eigenvalue weighted by molar-refractivity contribution is 5.79. The summed E-state index contributed by atoms with van der Waals surface area (Å²) < 4.78 is 0. The van der Waals surface area contributed by atoms with Gasteiger partial charge in [-0.3, -0.25) is 4.79 Å². The lowest BCUT2D eigenvalue weighted by Crippen LogP contribution is -2.39. The fourth-order valence-corrected chi connectivity index (χ4v) is 1.74. The van der Waals surface area contributed by atoms with E-state index in [1.165, 1.54) is 5.56 Å². The van der Waals surface area contributed by atoms with Crippen LogP contribution in [0.4, 0.5) is 4.79 Å². The highest BCUT2D eigenvalue weighted by atomic mass is 16.4. The quantitative estimate of drug-likeness (QED) is 0.617. The van der Waals surface area contributed by atoms with Crippen LogP contribution in [-0.4, -0.2) is 48.7 Å². The Morgan fingerprint density at radius 1 is 1.20 bits per heavy atom. The van der Waals surface area contributed by atoms with Crippen molar-refractivity contribution in [2.45, 2.75) is 13.0 Å². The molecule has 0 bridgehead atoms. The summed E-state index contributed by atoms with van der Waals surface area (Å²) in [6.07, 6.45) is 0.809. The number of hydrogen-bond acceptors (Lipinski definition) is 3. The number of carbonyl (C=O) groups is 2. The highest BCUT2D eigenvalue weighted by Crippen LogP contribution is 2.02. The minimum Gasteiger partial charge on any atom is -0.480 e. The fourth-order valence-electron chi connectivity index (χ4n) is 1.74. The Bertz CT molecular complexity index is 423. The molecule has 3 N–H and O–H groups in total. The van der Waals surface area contributed by atoms with Crippen molar-refractivity contribution in [2.75, 3.05) is 26.7 Å². The van der Waals surface area contributed by atoms with E-state index in [1.54, 1.807) is 0 Å². The third-order valence-corrected chi connectivity index (χ3v) is 2.70. The number of nitrogens with one attached hydrogen (secondary N) is 2. The Balaban J connectivity index is 2.09. The lowest BCUT2D eigenvalue weighted by molar-refractivity contribution is -0.135. The van der Waals surface area contributed by atoms with E-state index in [0.29, 0.717) is 6.54 Å². The normalized spacial score (nSPS) is 10.3. The molecule has 0 radical (unpaired) electrons. The van der Waals surface area contributed by atoms with Gasteiger partial charge in [0.25, 0.3) is 0 Å². The lowest BCUT2D eigenvalue weighted by atomic mass is 10.2. The van der Waals surface area contributed by atoms with Crippen molar-refractivity contribution in [3.63, 3.8) is 0 Å². The zero-order valence-corrected chi connectivity index (χ0v) is 11.6. The highest BCUT2D eigenvalue weighted by Gasteiger charge is 2.03. The SMILES string of the molecule is CN(CCCNC(=O)NCC(=O)O)Cc1ccccc1. The van der Waals surface area contributed by atoms with Crippen molar-refractivity contribution in [1.29, 1.82) is 0 Å². The molecule has 0 aliphatic rings. The number of amides is 2. The Hall–Kier alpha value is -2.08. The van der Waals surface area contributed by atoms with Crippen molar-refractivity contribution < 1.29 is 14.7 Å². The van der Waals surface area contributed by atoms with E-state index >= 15 is 0 Å². The van der Waals surface area contributed by atoms with Gasteiger partial charge < -0.3 is 20.6 Å². The molecule has 2 amide bonds. The molecule has 0 atom stereocenters. The van der Waals surface area contributed by atoms with Gasteiger partial charge >= 0.3 is 12.0 Å². The molecule has 0 heterocycles. The van der Waals surface area contributed by atoms with Gasteiger partial charge in [-0.05, 0) is 25.6 Å². The zero-order chi connectivity index (χ0) is 14.8. The van der Waals surface area contributed by atoms with Gasteiger partial charge in [0.15, 0.2) is 0 Å². The first kappa shape index (κ1) is 16.0. The Kier molecular flexibility index (Phi) is 7.13. The molecule has 6 heteroatoms. The molecule has 6 nitrogen and oxygen atoms in total. The summed E-state index contributed by atoms with van der Waals surface area (Å²) in [5.74, 6) is -1.05. The summed E-state index contributed by atoms with van der Waals surface area (Å²) in [4.78, 5) is 23.6. The van der Waals surface area contributed by atoms with E-state index in [0.717, 1.165) is 19.5 Å². The van der Waals surface area contributed by atoms with E-state index in [2.05, 4.69) is 27.7 Å². The number of carboxylic acids is 1. The summed E-state index contributed by atoms with van der Waals surface area (Å²) in [7, 11) is 2.03. The summed E-state index contributed by atoms with van der Waals surface area (Å²) >= 11 is 0. The van der Waals surface area contributed by atoms with Crippen LogP contribution in [0.3, 0.4) is 0 Å². The molecule has 110 valence electrons. The number of rotatable bonds is 8. The predicted molar refractivity (Wildman–Crippen MR) is 76.4 cm³/mol. The Morgan fingerprint density at radius 2 is 1.90 bits per heavy atom. The average Bonchev–Trinajstić information content (AvgIpc) is 2.42. The Labute approximate surface area is 118 Å². The Morgan fingerprint density at radius 3 is 2.55 bits per heavy atom. The number of carbonyl (C=O) groups excluding carboxylic acids is 1. The second kappa shape index (κ2) is 8.92. The largest absolute Gasteiger partial charge is 0.480 e. The van der Waals surface area contributed by atoms with Gasteiger partial charge in [0.05, 0.1) is 0 Å². The standard InChI is InChI=1S/C14H21N3O3/c1-17(11-12-6-3-2-4-7-12)9-5-8-15-14(20)16-10-13(18)19/h2-4,6-7H,5,8-11H2,1H3,(H,18,19)(H2,15,16,20). The molecule has 0 spiro atoms. The zero-order valence-electron chi connectivity index (χ0n) is 11.6. The number of aliphatic carboxylic acids is 1. The van der Waals surface area contributed by atoms with Gasteiger partial charge in [0.2, 0.25) is 0 Å². The predicted octanol–water partition coefficient (Wildman–Crippen LogP) is 0.892. The van der Waals surface area contributed by atoms with E-state index in [4.69, 9.17) is 5.11 Å². The summed E-state index contributed by atoms with van der Waals surface area (Å²) in [6, 6.07) is 9.72. The van der Waals surface area contributed by atoms with E-state index in [1.807, 2.05) is 25.2 Å². The first-order valence-corrected chi connectivity index (χ1v) is 6.54. The number of nitrogens with zero attached hydrogens (tertiary/aromatic N) is 1. The molecule has 20 heavy (non-hydrogen) atoms. The maximum absolute atomic E-state index is 11.2. The molecule has 0 aliphatic heterocycles. The van der Waals surface area contributed by atoms with Crippen LogP contribution < -0.4 is 10.6 Å². The molecule has 1 aromatic carbocycles. The van der Waals surface area contributed by atoms with Crippen molar-refractivity contribution in [2.24, 2.45) is 0 Å². The fraction of sp³-hybridized carbons (Fsp3) is 0.429. The second-order valence-electron chi connectivity index (χ2n) is 4.58. The molecule has 0 unspecified atom stereocenters. The van der Waals surface area contributed by atoms with Crippen LogP contribution >= 0.6 is 0 Å². The number of benzene rings is 1. The topological polar surface area (TPSA) is 81.7 Å². The average molecular weight is 279 g/mol. The number of hydrogen-bond donors (Lipinski definition) is 3. The van der Waals surface area contributed by atoms with Crippen LogP contribution in [-0.2, 0) is 11.3 Å². The maximum Gasteiger partial charge on any atom is 0.323 e. The van der Waals surface area contributed by atoms with Crippen molar-refractivity contribution >= 4 is 12.0 Å². The minimum absolute atomic E-state index is 0.361. The van der Waals surface area contributed by atoms with Crippen LogP contribution in [0.1, 0.15) is 12.0 Å². The first-order valence-electron chi connectivity index (χ1n) is 6.54. The second-order valence-corrected chi connectivity index (χ2v) is 4.58. The lowest BCUT2D eigenvalue weighted by Gasteiger charge is -2.16. The molecule has 1 rings (SSSR count). The summed E-state index contributed by atoms with van der Waals surface area (Å²) in [5, 5.41) is 13.3. The molecule has 0 saturated heterocycles. The third-order valence-electron chi connectivity index (χ3n) is 2.70. The molecular weight excluding hydrogens is 258 g/mol. The minimum atomic E-state index is -1.05. The van der Waals surface area contributed by atoms with Gasteiger partial charge in [-0.15, -0.1) is 0 Å². The summed E-state index contributed by atoms with van der Waals surface area (Å²) in [6.45, 7) is 1.88. The summed E-state index contributed by atoms with van der Waals surface area (Å²) in [5.41, 5.74) is 1.25. The van der Waals surface area contributed by atoms with Gasteiger partial charge in [-0.25, -0.2) is 4.79 Å². The van der Waals surface area contributed by atoms with E-state index < -0.39 is 12.0 Å². The maximum atomic E-state index is 11.2. The molecule has 1 aromatic rings. The molecule has 0 aliphatic carbocycles. The van der Waals surface area contributed by atoms with Gasteiger partial charge in [-0.1, -0.05) is 30.3 Å². The van der Waals surface area contributed by atoms with Crippen LogP contribution in [0.25, 0.3) is 0 Å². The van der Waals surface area contributed by atoms with Crippen LogP contribution in [0.15, 0.2) is 30.3 Å².